The normalized spacial score (nSPS) is 10.5. The minimum absolute atomic E-state index is 0.0415. The van der Waals surface area contributed by atoms with Gasteiger partial charge in [0.2, 0.25) is 5.95 Å². The lowest BCUT2D eigenvalue weighted by atomic mass is 10.1. The van der Waals surface area contributed by atoms with Crippen LogP contribution in [0.1, 0.15) is 18.1 Å². The molecule has 27 heavy (non-hydrogen) atoms. The molecule has 0 saturated carbocycles. The predicted molar refractivity (Wildman–Crippen MR) is 104 cm³/mol. The van der Waals surface area contributed by atoms with Gasteiger partial charge in [-0.05, 0) is 24.6 Å². The third-order valence-corrected chi connectivity index (χ3v) is 3.63. The van der Waals surface area contributed by atoms with E-state index in [2.05, 4.69) is 20.5 Å². The standard InChI is InChI=1S/C20H17N5O2/c1-2-27-16-10-6-7-14(11-16)13-22-25-20-23-18(15-8-4-3-5-9-15)17(12-21)19(26)24-20/h3-11,13H,2H2,1H3,(H2,23,24,25,26). The zero-order valence-electron chi connectivity index (χ0n) is 14.6. The summed E-state index contributed by atoms with van der Waals surface area (Å²) in [6.07, 6.45) is 1.59. The molecule has 0 aliphatic carbocycles. The number of hydrogen-bond acceptors (Lipinski definition) is 6. The minimum atomic E-state index is -0.526. The summed E-state index contributed by atoms with van der Waals surface area (Å²) >= 11 is 0. The van der Waals surface area contributed by atoms with Crippen LogP contribution >= 0.6 is 0 Å². The number of nitrogens with zero attached hydrogens (tertiary/aromatic N) is 3. The molecule has 1 heterocycles. The van der Waals surface area contributed by atoms with Gasteiger partial charge in [0.1, 0.15) is 17.4 Å². The second-order valence-electron chi connectivity index (χ2n) is 5.49. The SMILES string of the molecule is CCOc1cccc(C=NNc2nc(-c3ccccc3)c(C#N)c(=O)[nH]2)c1. The number of nitrogens with one attached hydrogen (secondary N) is 2. The van der Waals surface area contributed by atoms with Crippen molar-refractivity contribution in [2.75, 3.05) is 12.0 Å². The van der Waals surface area contributed by atoms with Crippen LogP contribution in [0.5, 0.6) is 5.75 Å². The molecule has 3 aromatic rings. The van der Waals surface area contributed by atoms with Gasteiger partial charge in [-0.25, -0.2) is 10.4 Å². The maximum atomic E-state index is 12.2. The molecule has 7 heteroatoms. The molecular formula is C20H17N5O2. The number of anilines is 1. The first-order chi connectivity index (χ1) is 13.2. The molecule has 3 rings (SSSR count). The lowest BCUT2D eigenvalue weighted by Crippen LogP contribution is -2.16. The third-order valence-electron chi connectivity index (χ3n) is 3.63. The molecule has 0 unspecified atom stereocenters. The van der Waals surface area contributed by atoms with E-state index in [-0.39, 0.29) is 11.5 Å². The van der Waals surface area contributed by atoms with Crippen LogP contribution in [0.25, 0.3) is 11.3 Å². The fourth-order valence-corrected chi connectivity index (χ4v) is 2.45. The van der Waals surface area contributed by atoms with E-state index in [0.717, 1.165) is 11.3 Å². The Hall–Kier alpha value is -3.92. The fraction of sp³-hybridized carbons (Fsp3) is 0.100. The number of nitriles is 1. The zero-order valence-corrected chi connectivity index (χ0v) is 14.6. The highest BCUT2D eigenvalue weighted by atomic mass is 16.5. The number of rotatable bonds is 6. The molecule has 2 N–H and O–H groups in total. The second kappa shape index (κ2) is 8.45. The maximum Gasteiger partial charge on any atom is 0.270 e. The van der Waals surface area contributed by atoms with E-state index in [0.29, 0.717) is 17.9 Å². The number of benzene rings is 2. The number of hydrazone groups is 1. The molecule has 0 spiro atoms. The summed E-state index contributed by atoms with van der Waals surface area (Å²) in [5.74, 6) is 0.896. The van der Waals surface area contributed by atoms with Gasteiger partial charge in [0.05, 0.1) is 18.5 Å². The van der Waals surface area contributed by atoms with Crippen molar-refractivity contribution < 1.29 is 4.74 Å². The summed E-state index contributed by atoms with van der Waals surface area (Å²) in [5.41, 5.74) is 3.94. The van der Waals surface area contributed by atoms with E-state index in [9.17, 15) is 10.1 Å². The van der Waals surface area contributed by atoms with Crippen LogP contribution in [0.15, 0.2) is 64.5 Å². The van der Waals surface area contributed by atoms with Gasteiger partial charge in [0.15, 0.2) is 0 Å². The van der Waals surface area contributed by atoms with Crippen molar-refractivity contribution in [2.24, 2.45) is 5.10 Å². The van der Waals surface area contributed by atoms with Crippen LogP contribution < -0.4 is 15.7 Å². The maximum absolute atomic E-state index is 12.2. The van der Waals surface area contributed by atoms with E-state index < -0.39 is 5.56 Å². The van der Waals surface area contributed by atoms with Gasteiger partial charge < -0.3 is 4.74 Å². The average Bonchev–Trinajstić information content (AvgIpc) is 2.69. The fourth-order valence-electron chi connectivity index (χ4n) is 2.45. The van der Waals surface area contributed by atoms with Gasteiger partial charge in [0.25, 0.3) is 5.56 Å². The van der Waals surface area contributed by atoms with Crippen molar-refractivity contribution in [3.05, 3.63) is 76.1 Å². The molecule has 0 aliphatic heterocycles. The van der Waals surface area contributed by atoms with Crippen LogP contribution in [0, 0.1) is 11.3 Å². The van der Waals surface area contributed by atoms with Gasteiger partial charge in [-0.15, -0.1) is 0 Å². The molecule has 0 aliphatic rings. The van der Waals surface area contributed by atoms with Crippen LogP contribution in [0.2, 0.25) is 0 Å². The average molecular weight is 359 g/mol. The predicted octanol–water partition coefficient (Wildman–Crippen LogP) is 3.15. The Balaban J connectivity index is 1.86. The Kier molecular flexibility index (Phi) is 5.60. The van der Waals surface area contributed by atoms with E-state index in [1.54, 1.807) is 18.3 Å². The van der Waals surface area contributed by atoms with Crippen molar-refractivity contribution in [1.29, 1.82) is 5.26 Å². The quantitative estimate of drug-likeness (QED) is 0.520. The van der Waals surface area contributed by atoms with Crippen molar-refractivity contribution in [1.82, 2.24) is 9.97 Å². The number of hydrogen-bond donors (Lipinski definition) is 2. The Bertz CT molecular complexity index is 1050. The van der Waals surface area contributed by atoms with Gasteiger partial charge in [-0.1, -0.05) is 42.5 Å². The van der Waals surface area contributed by atoms with E-state index >= 15 is 0 Å². The molecule has 134 valence electrons. The summed E-state index contributed by atoms with van der Waals surface area (Å²) in [5, 5.41) is 13.4. The Morgan fingerprint density at radius 3 is 2.81 bits per heavy atom. The Morgan fingerprint density at radius 2 is 2.07 bits per heavy atom. The topological polar surface area (TPSA) is 103 Å². The molecule has 0 saturated heterocycles. The monoisotopic (exact) mass is 359 g/mol. The molecule has 1 aromatic heterocycles. The van der Waals surface area contributed by atoms with Gasteiger partial charge in [-0.2, -0.15) is 10.4 Å². The zero-order chi connectivity index (χ0) is 19.1. The summed E-state index contributed by atoms with van der Waals surface area (Å²) < 4.78 is 5.44. The first-order valence-corrected chi connectivity index (χ1v) is 8.33. The van der Waals surface area contributed by atoms with Crippen molar-refractivity contribution >= 4 is 12.2 Å². The second-order valence-corrected chi connectivity index (χ2v) is 5.49. The number of aromatic amines is 1. The van der Waals surface area contributed by atoms with Gasteiger partial charge >= 0.3 is 0 Å². The van der Waals surface area contributed by atoms with Crippen LogP contribution in [-0.2, 0) is 0 Å². The highest BCUT2D eigenvalue weighted by molar-refractivity contribution is 5.80. The van der Waals surface area contributed by atoms with E-state index in [1.165, 1.54) is 0 Å². The molecule has 0 bridgehead atoms. The highest BCUT2D eigenvalue weighted by Gasteiger charge is 2.12. The molecule has 7 nitrogen and oxygen atoms in total. The van der Waals surface area contributed by atoms with E-state index in [1.807, 2.05) is 55.5 Å². The molecule has 0 atom stereocenters. The summed E-state index contributed by atoms with van der Waals surface area (Å²) in [4.78, 5) is 19.0. The lowest BCUT2D eigenvalue weighted by Gasteiger charge is -2.06. The lowest BCUT2D eigenvalue weighted by molar-refractivity contribution is 0.340. The number of aromatic nitrogens is 2. The first-order valence-electron chi connectivity index (χ1n) is 8.33. The molecule has 0 fully saturated rings. The van der Waals surface area contributed by atoms with Crippen LogP contribution in [0.3, 0.4) is 0 Å². The molecule has 0 radical (unpaired) electrons. The summed E-state index contributed by atoms with van der Waals surface area (Å²) in [6.45, 7) is 2.50. The Morgan fingerprint density at radius 1 is 1.26 bits per heavy atom. The van der Waals surface area contributed by atoms with Crippen LogP contribution in [-0.4, -0.2) is 22.8 Å². The molecule has 2 aromatic carbocycles. The highest BCUT2D eigenvalue weighted by Crippen LogP contribution is 2.19. The largest absolute Gasteiger partial charge is 0.494 e. The van der Waals surface area contributed by atoms with Gasteiger partial charge in [0, 0.05) is 5.56 Å². The number of H-pyrrole nitrogens is 1. The van der Waals surface area contributed by atoms with Crippen LogP contribution in [0.4, 0.5) is 5.95 Å². The van der Waals surface area contributed by atoms with Gasteiger partial charge in [-0.3, -0.25) is 9.78 Å². The van der Waals surface area contributed by atoms with Crippen molar-refractivity contribution in [2.45, 2.75) is 6.92 Å². The summed E-state index contributed by atoms with van der Waals surface area (Å²) in [6, 6.07) is 18.4. The number of ether oxygens (including phenoxy) is 1. The molecule has 0 amide bonds. The Labute approximate surface area is 156 Å². The van der Waals surface area contributed by atoms with Crippen molar-refractivity contribution in [3.63, 3.8) is 0 Å². The smallest absolute Gasteiger partial charge is 0.270 e. The third kappa shape index (κ3) is 4.38. The summed E-state index contributed by atoms with van der Waals surface area (Å²) in [7, 11) is 0. The first kappa shape index (κ1) is 17.9. The molecular weight excluding hydrogens is 342 g/mol. The van der Waals surface area contributed by atoms with E-state index in [4.69, 9.17) is 4.74 Å². The van der Waals surface area contributed by atoms with Crippen molar-refractivity contribution in [3.8, 4) is 23.1 Å². The minimum Gasteiger partial charge on any atom is -0.494 e.